The predicted octanol–water partition coefficient (Wildman–Crippen LogP) is 1.96. The zero-order chi connectivity index (χ0) is 13.3. The van der Waals surface area contributed by atoms with Crippen LogP contribution in [0.15, 0.2) is 22.7 Å². The van der Waals surface area contributed by atoms with Gasteiger partial charge in [-0.15, -0.1) is 0 Å². The maximum atomic E-state index is 12.3. The van der Waals surface area contributed by atoms with Crippen molar-refractivity contribution in [3.63, 3.8) is 0 Å². The van der Waals surface area contributed by atoms with Crippen molar-refractivity contribution in [1.82, 2.24) is 4.90 Å². The molecule has 1 heterocycles. The summed E-state index contributed by atoms with van der Waals surface area (Å²) in [5.74, 6) is 0.428. The monoisotopic (exact) mass is 312 g/mol. The normalized spacial score (nSPS) is 24.1. The Labute approximate surface area is 115 Å². The molecule has 0 spiro atoms. The summed E-state index contributed by atoms with van der Waals surface area (Å²) in [5.41, 5.74) is 6.43. The van der Waals surface area contributed by atoms with Crippen LogP contribution in [0.4, 0.5) is 0 Å². The molecule has 1 aromatic rings. The van der Waals surface area contributed by atoms with E-state index in [2.05, 4.69) is 22.9 Å². The van der Waals surface area contributed by atoms with Crippen LogP contribution in [0.2, 0.25) is 0 Å². The Morgan fingerprint density at radius 2 is 2.22 bits per heavy atom. The van der Waals surface area contributed by atoms with Crippen molar-refractivity contribution in [3.05, 3.63) is 28.2 Å². The molecule has 1 aromatic carbocycles. The second-order valence-corrected chi connectivity index (χ2v) is 5.83. The van der Waals surface area contributed by atoms with Gasteiger partial charge >= 0.3 is 0 Å². The first kappa shape index (κ1) is 13.4. The number of phenols is 1. The van der Waals surface area contributed by atoms with Gasteiger partial charge in [0.25, 0.3) is 5.91 Å². The smallest absolute Gasteiger partial charge is 0.254 e. The number of amides is 1. The van der Waals surface area contributed by atoms with E-state index in [4.69, 9.17) is 5.73 Å². The summed E-state index contributed by atoms with van der Waals surface area (Å²) in [6, 6.07) is 4.91. The number of nitrogens with zero attached hydrogens (tertiary/aromatic N) is 1. The minimum atomic E-state index is -0.0696. The van der Waals surface area contributed by atoms with E-state index in [0.29, 0.717) is 22.5 Å². The fourth-order valence-corrected chi connectivity index (χ4v) is 2.64. The summed E-state index contributed by atoms with van der Waals surface area (Å²) in [6.45, 7) is 3.40. The van der Waals surface area contributed by atoms with Gasteiger partial charge in [0.15, 0.2) is 0 Å². The highest BCUT2D eigenvalue weighted by molar-refractivity contribution is 9.10. The number of halogens is 1. The highest BCUT2D eigenvalue weighted by atomic mass is 79.9. The molecule has 2 unspecified atom stereocenters. The number of rotatable bonds is 1. The maximum absolute atomic E-state index is 12.3. The third kappa shape index (κ3) is 2.84. The Balaban J connectivity index is 2.17. The number of carbonyl (C=O) groups is 1. The first-order valence-corrected chi connectivity index (χ1v) is 6.80. The molecule has 2 rings (SSSR count). The van der Waals surface area contributed by atoms with E-state index in [1.807, 2.05) is 0 Å². The minimum Gasteiger partial charge on any atom is -0.507 e. The summed E-state index contributed by atoms with van der Waals surface area (Å²) in [6.07, 6.45) is 0.954. The van der Waals surface area contributed by atoms with Crippen molar-refractivity contribution in [3.8, 4) is 5.75 Å². The molecule has 98 valence electrons. The summed E-state index contributed by atoms with van der Waals surface area (Å²) in [5, 5.41) is 9.61. The molecule has 18 heavy (non-hydrogen) atoms. The first-order chi connectivity index (χ1) is 8.47. The highest BCUT2D eigenvalue weighted by Crippen LogP contribution is 2.26. The van der Waals surface area contributed by atoms with Crippen LogP contribution >= 0.6 is 15.9 Å². The standard InChI is InChI=1S/C13H17BrN2O2/c1-8-4-10(15)7-16(6-8)13(18)9-2-3-11(14)12(17)5-9/h2-3,5,8,10,17H,4,6-7,15H2,1H3. The number of benzene rings is 1. The van der Waals surface area contributed by atoms with Crippen LogP contribution in [0.3, 0.4) is 0 Å². The third-order valence-corrected chi connectivity index (χ3v) is 3.84. The average molecular weight is 313 g/mol. The van der Waals surface area contributed by atoms with Gasteiger partial charge in [-0.1, -0.05) is 6.92 Å². The van der Waals surface area contributed by atoms with Gasteiger partial charge in [-0.3, -0.25) is 4.79 Å². The zero-order valence-corrected chi connectivity index (χ0v) is 11.9. The van der Waals surface area contributed by atoms with Gasteiger partial charge in [-0.25, -0.2) is 0 Å². The van der Waals surface area contributed by atoms with Crippen LogP contribution in [-0.4, -0.2) is 35.0 Å². The summed E-state index contributed by atoms with van der Waals surface area (Å²) >= 11 is 3.20. The summed E-state index contributed by atoms with van der Waals surface area (Å²) < 4.78 is 0.586. The minimum absolute atomic E-state index is 0.0433. The first-order valence-electron chi connectivity index (χ1n) is 6.00. The Kier molecular flexibility index (Phi) is 3.92. The fourth-order valence-electron chi connectivity index (χ4n) is 2.39. The lowest BCUT2D eigenvalue weighted by atomic mass is 9.96. The predicted molar refractivity (Wildman–Crippen MR) is 73.5 cm³/mol. The molecule has 1 aliphatic rings. The van der Waals surface area contributed by atoms with Gasteiger partial charge in [-0.05, 0) is 46.5 Å². The van der Waals surface area contributed by atoms with Crippen molar-refractivity contribution in [1.29, 1.82) is 0 Å². The van der Waals surface area contributed by atoms with Crippen LogP contribution in [0.5, 0.6) is 5.75 Å². The van der Waals surface area contributed by atoms with Gasteiger partial charge in [0.1, 0.15) is 5.75 Å². The van der Waals surface area contributed by atoms with Gasteiger partial charge in [0, 0.05) is 24.7 Å². The maximum Gasteiger partial charge on any atom is 0.254 e. The largest absolute Gasteiger partial charge is 0.507 e. The number of likely N-dealkylation sites (tertiary alicyclic amines) is 1. The molecule has 1 fully saturated rings. The molecule has 0 aliphatic carbocycles. The lowest BCUT2D eigenvalue weighted by Gasteiger charge is -2.34. The van der Waals surface area contributed by atoms with E-state index in [-0.39, 0.29) is 17.7 Å². The molecular weight excluding hydrogens is 296 g/mol. The molecule has 3 N–H and O–H groups in total. The van der Waals surface area contributed by atoms with Crippen LogP contribution in [0.25, 0.3) is 0 Å². The van der Waals surface area contributed by atoms with E-state index < -0.39 is 0 Å². The second-order valence-electron chi connectivity index (χ2n) is 4.98. The quantitative estimate of drug-likeness (QED) is 0.833. The number of hydrogen-bond donors (Lipinski definition) is 2. The van der Waals surface area contributed by atoms with Crippen molar-refractivity contribution in [2.75, 3.05) is 13.1 Å². The molecule has 5 heteroatoms. The molecule has 2 atom stereocenters. The molecule has 1 saturated heterocycles. The van der Waals surface area contributed by atoms with Crippen LogP contribution < -0.4 is 5.73 Å². The Hall–Kier alpha value is -1.07. The lowest BCUT2D eigenvalue weighted by molar-refractivity contribution is 0.0660. The van der Waals surface area contributed by atoms with Crippen LogP contribution in [0.1, 0.15) is 23.7 Å². The fraction of sp³-hybridized carbons (Fsp3) is 0.462. The number of piperidine rings is 1. The topological polar surface area (TPSA) is 66.6 Å². The molecule has 0 aromatic heterocycles. The lowest BCUT2D eigenvalue weighted by Crippen LogP contribution is -2.48. The molecule has 1 aliphatic heterocycles. The number of nitrogens with two attached hydrogens (primary N) is 1. The number of carbonyl (C=O) groups excluding carboxylic acids is 1. The number of phenolic OH excluding ortho intramolecular Hbond substituents is 1. The summed E-state index contributed by atoms with van der Waals surface area (Å²) in [7, 11) is 0. The number of aromatic hydroxyl groups is 1. The molecular formula is C13H17BrN2O2. The van der Waals surface area contributed by atoms with Gasteiger partial charge in [0.2, 0.25) is 0 Å². The van der Waals surface area contributed by atoms with Gasteiger partial charge in [-0.2, -0.15) is 0 Å². The molecule has 1 amide bonds. The van der Waals surface area contributed by atoms with E-state index in [0.717, 1.165) is 13.0 Å². The van der Waals surface area contributed by atoms with Crippen molar-refractivity contribution in [2.24, 2.45) is 11.7 Å². The molecule has 4 nitrogen and oxygen atoms in total. The van der Waals surface area contributed by atoms with Gasteiger partial charge < -0.3 is 15.7 Å². The van der Waals surface area contributed by atoms with Crippen LogP contribution in [-0.2, 0) is 0 Å². The molecule has 0 bridgehead atoms. The van der Waals surface area contributed by atoms with Gasteiger partial charge in [0.05, 0.1) is 4.47 Å². The van der Waals surface area contributed by atoms with Crippen LogP contribution in [0, 0.1) is 5.92 Å². The Morgan fingerprint density at radius 1 is 1.50 bits per heavy atom. The average Bonchev–Trinajstić information content (AvgIpc) is 2.30. The number of hydrogen-bond acceptors (Lipinski definition) is 3. The van der Waals surface area contributed by atoms with E-state index >= 15 is 0 Å². The van der Waals surface area contributed by atoms with Crippen molar-refractivity contribution in [2.45, 2.75) is 19.4 Å². The van der Waals surface area contributed by atoms with E-state index in [9.17, 15) is 9.90 Å². The summed E-state index contributed by atoms with van der Waals surface area (Å²) in [4.78, 5) is 14.1. The highest BCUT2D eigenvalue weighted by Gasteiger charge is 2.26. The molecule has 0 saturated carbocycles. The van der Waals surface area contributed by atoms with E-state index in [1.165, 1.54) is 6.07 Å². The van der Waals surface area contributed by atoms with Crippen molar-refractivity contribution < 1.29 is 9.90 Å². The van der Waals surface area contributed by atoms with E-state index in [1.54, 1.807) is 17.0 Å². The zero-order valence-electron chi connectivity index (χ0n) is 10.3. The SMILES string of the molecule is CC1CC(N)CN(C(=O)c2ccc(Br)c(O)c2)C1. The Morgan fingerprint density at radius 3 is 2.83 bits per heavy atom. The second kappa shape index (κ2) is 5.28. The third-order valence-electron chi connectivity index (χ3n) is 3.17. The Bertz CT molecular complexity index is 454. The van der Waals surface area contributed by atoms with Crippen molar-refractivity contribution >= 4 is 21.8 Å². The molecule has 0 radical (unpaired) electrons.